The Bertz CT molecular complexity index is 722. The highest BCUT2D eigenvalue weighted by Gasteiger charge is 2.08. The monoisotopic (exact) mass is 409 g/mol. The van der Waals surface area contributed by atoms with Gasteiger partial charge in [0.15, 0.2) is 0 Å². The normalized spacial score (nSPS) is 12.3. The molecule has 2 rings (SSSR count). The van der Waals surface area contributed by atoms with Gasteiger partial charge in [-0.2, -0.15) is 0 Å². The summed E-state index contributed by atoms with van der Waals surface area (Å²) in [7, 11) is 0. The molecule has 1 radical (unpaired) electrons. The van der Waals surface area contributed by atoms with Gasteiger partial charge < -0.3 is 10.6 Å². The minimum atomic E-state index is 0.881. The predicted molar refractivity (Wildman–Crippen MR) is 137 cm³/mol. The molecule has 0 aliphatic heterocycles. The van der Waals surface area contributed by atoms with E-state index in [4.69, 9.17) is 0 Å². The molecule has 0 bridgehead atoms. The molecule has 0 aliphatic rings. The molecule has 1 atom stereocenters. The molecular formula is C28H45N2. The van der Waals surface area contributed by atoms with E-state index in [1.54, 1.807) is 0 Å². The highest BCUT2D eigenvalue weighted by atomic mass is 14.9. The first-order chi connectivity index (χ1) is 14.7. The number of unbranched alkanes of at least 4 members (excludes halogenated alkanes) is 6. The number of hydrogen-bond acceptors (Lipinski definition) is 2. The van der Waals surface area contributed by atoms with Crippen LogP contribution in [0.15, 0.2) is 30.3 Å². The Labute approximate surface area is 186 Å². The summed E-state index contributed by atoms with van der Waals surface area (Å²) in [6.45, 7) is 10.9. The smallest absolute Gasteiger partial charge is 0.0582 e. The molecule has 0 saturated carbocycles. The lowest BCUT2D eigenvalue weighted by molar-refractivity contribution is 0.454. The molecule has 0 amide bonds. The van der Waals surface area contributed by atoms with Crippen LogP contribution in [0.25, 0.3) is 10.8 Å². The van der Waals surface area contributed by atoms with E-state index in [1.165, 1.54) is 91.9 Å². The molecule has 30 heavy (non-hydrogen) atoms. The fraction of sp³-hybridized carbons (Fsp3) is 0.607. The highest BCUT2D eigenvalue weighted by Crippen LogP contribution is 2.31. The fourth-order valence-corrected chi connectivity index (χ4v) is 4.34. The van der Waals surface area contributed by atoms with Crippen LogP contribution < -0.4 is 10.6 Å². The standard InChI is InChI=1S/C28H45N2/c1-5-8-9-12-16-23(4)17-13-10-11-14-18-24-19-15-20-25-21-27(29-6-2)28(30-7-3)22-26(24)25/h9,15,19-23,29-30H,5-8,10-14,16-18H2,1-4H3. The van der Waals surface area contributed by atoms with Crippen molar-refractivity contribution < 1.29 is 0 Å². The van der Waals surface area contributed by atoms with Crippen molar-refractivity contribution >= 4 is 22.1 Å². The zero-order chi connectivity index (χ0) is 21.6. The molecule has 1 unspecified atom stereocenters. The van der Waals surface area contributed by atoms with E-state index in [0.29, 0.717) is 0 Å². The van der Waals surface area contributed by atoms with Crippen molar-refractivity contribution in [1.82, 2.24) is 0 Å². The first kappa shape index (κ1) is 24.6. The summed E-state index contributed by atoms with van der Waals surface area (Å²) in [5.74, 6) is 0.881. The van der Waals surface area contributed by atoms with Gasteiger partial charge in [-0.05, 0) is 73.9 Å². The largest absolute Gasteiger partial charge is 0.384 e. The van der Waals surface area contributed by atoms with E-state index >= 15 is 0 Å². The SMILES string of the molecule is CCC[CH]CCC(C)CCCCCCc1cccc2cc(NCC)c(NCC)cc12. The molecule has 2 aromatic carbocycles. The Morgan fingerprint density at radius 3 is 2.30 bits per heavy atom. The number of aryl methyl sites for hydroxylation is 1. The molecule has 2 aromatic rings. The first-order valence-corrected chi connectivity index (χ1v) is 12.5. The Morgan fingerprint density at radius 2 is 1.57 bits per heavy atom. The van der Waals surface area contributed by atoms with Gasteiger partial charge in [-0.3, -0.25) is 0 Å². The summed E-state index contributed by atoms with van der Waals surface area (Å²) >= 11 is 0. The summed E-state index contributed by atoms with van der Waals surface area (Å²) in [4.78, 5) is 0. The number of anilines is 2. The van der Waals surface area contributed by atoms with Crippen LogP contribution in [0.5, 0.6) is 0 Å². The van der Waals surface area contributed by atoms with E-state index < -0.39 is 0 Å². The maximum absolute atomic E-state index is 3.53. The number of hydrogen-bond donors (Lipinski definition) is 2. The molecule has 0 spiro atoms. The van der Waals surface area contributed by atoms with Crippen LogP contribution in [0.1, 0.15) is 91.0 Å². The van der Waals surface area contributed by atoms with Gasteiger partial charge in [0.05, 0.1) is 11.4 Å². The van der Waals surface area contributed by atoms with Crippen LogP contribution in [0.4, 0.5) is 11.4 Å². The van der Waals surface area contributed by atoms with Crippen LogP contribution in [0.2, 0.25) is 0 Å². The van der Waals surface area contributed by atoms with Crippen molar-refractivity contribution in [3.05, 3.63) is 42.3 Å². The van der Waals surface area contributed by atoms with Gasteiger partial charge in [0, 0.05) is 13.1 Å². The molecule has 0 saturated heterocycles. The summed E-state index contributed by atoms with van der Waals surface area (Å²) in [6.07, 6.45) is 15.7. The number of benzene rings is 2. The van der Waals surface area contributed by atoms with E-state index in [-0.39, 0.29) is 0 Å². The Hall–Kier alpha value is -1.70. The summed E-state index contributed by atoms with van der Waals surface area (Å²) in [5.41, 5.74) is 3.93. The lowest BCUT2D eigenvalue weighted by Crippen LogP contribution is -2.04. The van der Waals surface area contributed by atoms with E-state index in [2.05, 4.69) is 75.1 Å². The number of rotatable bonds is 16. The predicted octanol–water partition coefficient (Wildman–Crippen LogP) is 8.62. The Balaban J connectivity index is 1.81. The lowest BCUT2D eigenvalue weighted by atomic mass is 9.95. The molecule has 167 valence electrons. The van der Waals surface area contributed by atoms with E-state index in [0.717, 1.165) is 19.0 Å². The second kappa shape index (κ2) is 14.3. The van der Waals surface area contributed by atoms with Gasteiger partial charge in [0.2, 0.25) is 0 Å². The lowest BCUT2D eigenvalue weighted by Gasteiger charge is -2.15. The molecule has 0 fully saturated rings. The minimum Gasteiger partial charge on any atom is -0.384 e. The highest BCUT2D eigenvalue weighted by molar-refractivity contribution is 5.94. The molecule has 2 N–H and O–H groups in total. The zero-order valence-electron chi connectivity index (χ0n) is 20.0. The first-order valence-electron chi connectivity index (χ1n) is 12.5. The van der Waals surface area contributed by atoms with Gasteiger partial charge in [0.25, 0.3) is 0 Å². The molecule has 0 heterocycles. The van der Waals surface area contributed by atoms with Gasteiger partial charge in [0.1, 0.15) is 0 Å². The molecule has 2 nitrogen and oxygen atoms in total. The van der Waals surface area contributed by atoms with Crippen LogP contribution >= 0.6 is 0 Å². The Morgan fingerprint density at radius 1 is 0.833 bits per heavy atom. The topological polar surface area (TPSA) is 24.1 Å². The van der Waals surface area contributed by atoms with Crippen molar-refractivity contribution in [2.45, 2.75) is 91.9 Å². The van der Waals surface area contributed by atoms with Gasteiger partial charge in [-0.15, -0.1) is 0 Å². The van der Waals surface area contributed by atoms with Gasteiger partial charge in [-0.1, -0.05) is 77.0 Å². The summed E-state index contributed by atoms with van der Waals surface area (Å²) in [5, 5.41) is 9.79. The van der Waals surface area contributed by atoms with Gasteiger partial charge >= 0.3 is 0 Å². The Kier molecular flexibility index (Phi) is 11.7. The van der Waals surface area contributed by atoms with Crippen LogP contribution in [-0.4, -0.2) is 13.1 Å². The third kappa shape index (κ3) is 8.20. The summed E-state index contributed by atoms with van der Waals surface area (Å²) < 4.78 is 0. The third-order valence-electron chi connectivity index (χ3n) is 6.09. The van der Waals surface area contributed by atoms with Crippen LogP contribution in [-0.2, 0) is 6.42 Å². The minimum absolute atomic E-state index is 0.881. The average molecular weight is 410 g/mol. The molecule has 2 heteroatoms. The van der Waals surface area contributed by atoms with Crippen molar-refractivity contribution in [2.75, 3.05) is 23.7 Å². The van der Waals surface area contributed by atoms with Crippen molar-refractivity contribution in [3.63, 3.8) is 0 Å². The van der Waals surface area contributed by atoms with Gasteiger partial charge in [-0.25, -0.2) is 0 Å². The molecule has 0 aliphatic carbocycles. The summed E-state index contributed by atoms with van der Waals surface area (Å²) in [6, 6.07) is 11.4. The fourth-order valence-electron chi connectivity index (χ4n) is 4.34. The van der Waals surface area contributed by atoms with Crippen LogP contribution in [0.3, 0.4) is 0 Å². The second-order valence-electron chi connectivity index (χ2n) is 8.81. The van der Waals surface area contributed by atoms with E-state index in [9.17, 15) is 0 Å². The van der Waals surface area contributed by atoms with Crippen molar-refractivity contribution in [3.8, 4) is 0 Å². The third-order valence-corrected chi connectivity index (χ3v) is 6.09. The average Bonchev–Trinajstić information content (AvgIpc) is 2.74. The molecule has 0 aromatic heterocycles. The van der Waals surface area contributed by atoms with Crippen molar-refractivity contribution in [1.29, 1.82) is 0 Å². The number of nitrogens with one attached hydrogen (secondary N) is 2. The van der Waals surface area contributed by atoms with E-state index in [1.807, 2.05) is 0 Å². The quantitative estimate of drug-likeness (QED) is 0.271. The van der Waals surface area contributed by atoms with Crippen LogP contribution in [0, 0.1) is 12.3 Å². The van der Waals surface area contributed by atoms with Crippen molar-refractivity contribution in [2.24, 2.45) is 5.92 Å². The maximum Gasteiger partial charge on any atom is 0.0582 e. The molecular weight excluding hydrogens is 364 g/mol. The number of fused-ring (bicyclic) bond motifs is 1. The second-order valence-corrected chi connectivity index (χ2v) is 8.81. The zero-order valence-corrected chi connectivity index (χ0v) is 20.0. The maximum atomic E-state index is 3.53.